The molecule has 0 aliphatic rings. The Morgan fingerprint density at radius 3 is 2.79 bits per heavy atom. The van der Waals surface area contributed by atoms with Crippen LogP contribution in [0, 0.1) is 5.41 Å². The Labute approximate surface area is 111 Å². The molecule has 1 heterocycles. The predicted molar refractivity (Wildman–Crippen MR) is 76.3 cm³/mol. The van der Waals surface area contributed by atoms with E-state index in [1.165, 1.54) is 0 Å². The highest BCUT2D eigenvalue weighted by Crippen LogP contribution is 2.19. The molecule has 0 fully saturated rings. The molecule has 0 radical (unpaired) electrons. The molecule has 0 saturated heterocycles. The number of benzene rings is 1. The normalized spacial score (nSPS) is 11.7. The summed E-state index contributed by atoms with van der Waals surface area (Å²) in [6.45, 7) is 6.92. The number of nitrogens with one attached hydrogen (secondary N) is 1. The number of H-pyrrole nitrogens is 1. The van der Waals surface area contributed by atoms with Crippen molar-refractivity contribution in [3.05, 3.63) is 28.6 Å². The first kappa shape index (κ1) is 13.4. The lowest BCUT2D eigenvalue weighted by Crippen LogP contribution is -2.15. The van der Waals surface area contributed by atoms with E-state index >= 15 is 0 Å². The highest BCUT2D eigenvalue weighted by molar-refractivity contribution is 5.81. The van der Waals surface area contributed by atoms with Crippen LogP contribution in [0.3, 0.4) is 0 Å². The predicted octanol–water partition coefficient (Wildman–Crippen LogP) is 2.32. The topological polar surface area (TPSA) is 81.0 Å². The highest BCUT2D eigenvalue weighted by Gasteiger charge is 2.11. The molecule has 0 aliphatic heterocycles. The zero-order valence-corrected chi connectivity index (χ0v) is 11.5. The summed E-state index contributed by atoms with van der Waals surface area (Å²) in [5.74, 6) is 0. The number of nitrogens with zero attached hydrogens (tertiary/aromatic N) is 1. The van der Waals surface area contributed by atoms with Crippen molar-refractivity contribution in [2.24, 2.45) is 5.41 Å². The van der Waals surface area contributed by atoms with Crippen LogP contribution in [0.5, 0.6) is 6.01 Å². The summed E-state index contributed by atoms with van der Waals surface area (Å²) in [5.41, 5.74) is 6.73. The summed E-state index contributed by atoms with van der Waals surface area (Å²) >= 11 is 0. The molecular weight excluding hydrogens is 242 g/mol. The average molecular weight is 261 g/mol. The van der Waals surface area contributed by atoms with Crippen LogP contribution in [0.25, 0.3) is 10.9 Å². The number of hydrogen-bond donors (Lipinski definition) is 2. The number of rotatable bonds is 3. The van der Waals surface area contributed by atoms with E-state index in [2.05, 4.69) is 30.7 Å². The maximum atomic E-state index is 11.9. The molecule has 1 aromatic carbocycles. The molecule has 102 valence electrons. The maximum absolute atomic E-state index is 11.9. The van der Waals surface area contributed by atoms with Gasteiger partial charge in [-0.25, -0.2) is 0 Å². The maximum Gasteiger partial charge on any atom is 0.297 e. The van der Waals surface area contributed by atoms with E-state index in [4.69, 9.17) is 10.5 Å². The second-order valence-corrected chi connectivity index (χ2v) is 5.81. The molecular formula is C14H19N3O2. The molecule has 0 spiro atoms. The van der Waals surface area contributed by atoms with Gasteiger partial charge in [-0.3, -0.25) is 9.78 Å². The number of nitrogens with two attached hydrogens (primary N) is 1. The molecule has 0 saturated carbocycles. The van der Waals surface area contributed by atoms with Gasteiger partial charge in [0.2, 0.25) is 0 Å². The van der Waals surface area contributed by atoms with E-state index in [0.717, 1.165) is 6.42 Å². The van der Waals surface area contributed by atoms with Gasteiger partial charge in [-0.1, -0.05) is 20.8 Å². The lowest BCUT2D eigenvalue weighted by molar-refractivity contribution is 0.229. The summed E-state index contributed by atoms with van der Waals surface area (Å²) in [7, 11) is 0. The van der Waals surface area contributed by atoms with Gasteiger partial charge in [0.05, 0.1) is 17.5 Å². The van der Waals surface area contributed by atoms with Gasteiger partial charge in [0.25, 0.3) is 11.6 Å². The molecule has 5 heteroatoms. The number of aromatic amines is 1. The van der Waals surface area contributed by atoms with Crippen molar-refractivity contribution in [1.82, 2.24) is 9.97 Å². The highest BCUT2D eigenvalue weighted by atomic mass is 16.5. The summed E-state index contributed by atoms with van der Waals surface area (Å²) < 4.78 is 5.50. The lowest BCUT2D eigenvalue weighted by atomic mass is 9.93. The van der Waals surface area contributed by atoms with Gasteiger partial charge >= 0.3 is 0 Å². The molecule has 0 bridgehead atoms. The zero-order valence-electron chi connectivity index (χ0n) is 11.5. The summed E-state index contributed by atoms with van der Waals surface area (Å²) in [6, 6.07) is 5.30. The SMILES string of the molecule is CC(C)(C)CCOc1nc2ccc(N)cc2c(=O)[nH]1. The Morgan fingerprint density at radius 2 is 2.11 bits per heavy atom. The van der Waals surface area contributed by atoms with E-state index < -0.39 is 0 Å². The zero-order chi connectivity index (χ0) is 14.0. The molecule has 5 nitrogen and oxygen atoms in total. The smallest absolute Gasteiger partial charge is 0.297 e. The number of fused-ring (bicyclic) bond motifs is 1. The van der Waals surface area contributed by atoms with Gasteiger partial charge in [0, 0.05) is 5.69 Å². The molecule has 19 heavy (non-hydrogen) atoms. The second kappa shape index (κ2) is 4.91. The number of hydrogen-bond acceptors (Lipinski definition) is 4. The Balaban J connectivity index is 2.22. The number of nitrogen functional groups attached to an aromatic ring is 1. The van der Waals surface area contributed by atoms with Crippen molar-refractivity contribution in [2.75, 3.05) is 12.3 Å². The molecule has 1 aromatic heterocycles. The third kappa shape index (κ3) is 3.47. The van der Waals surface area contributed by atoms with Crippen LogP contribution in [-0.2, 0) is 0 Å². The Kier molecular flexibility index (Phi) is 3.46. The summed E-state index contributed by atoms with van der Waals surface area (Å²) in [5, 5.41) is 0.475. The van der Waals surface area contributed by atoms with Crippen LogP contribution in [0.1, 0.15) is 27.2 Å². The van der Waals surface area contributed by atoms with Crippen molar-refractivity contribution in [1.29, 1.82) is 0 Å². The Morgan fingerprint density at radius 1 is 1.37 bits per heavy atom. The first-order valence-corrected chi connectivity index (χ1v) is 6.27. The fourth-order valence-corrected chi connectivity index (χ4v) is 1.66. The van der Waals surface area contributed by atoms with Gasteiger partial charge in [0.1, 0.15) is 0 Å². The monoisotopic (exact) mass is 261 g/mol. The Hall–Kier alpha value is -2.04. The standard InChI is InChI=1S/C14H19N3O2/c1-14(2,3)6-7-19-13-16-11-5-4-9(15)8-10(11)12(18)17-13/h4-5,8H,6-7,15H2,1-3H3,(H,16,17,18). The van der Waals surface area contributed by atoms with Gasteiger partial charge in [-0.05, 0) is 30.0 Å². The minimum atomic E-state index is -0.233. The quantitative estimate of drug-likeness (QED) is 0.831. The van der Waals surface area contributed by atoms with Crippen molar-refractivity contribution in [2.45, 2.75) is 27.2 Å². The molecule has 2 aromatic rings. The second-order valence-electron chi connectivity index (χ2n) is 5.81. The van der Waals surface area contributed by atoms with Crippen LogP contribution >= 0.6 is 0 Å². The third-order valence-corrected chi connectivity index (χ3v) is 2.80. The molecule has 3 N–H and O–H groups in total. The van der Waals surface area contributed by atoms with Crippen LogP contribution in [0.2, 0.25) is 0 Å². The average Bonchev–Trinajstić information content (AvgIpc) is 2.28. The molecule has 0 unspecified atom stereocenters. The van der Waals surface area contributed by atoms with Crippen molar-refractivity contribution in [3.8, 4) is 6.01 Å². The lowest BCUT2D eigenvalue weighted by Gasteiger charge is -2.17. The van der Waals surface area contributed by atoms with Crippen molar-refractivity contribution in [3.63, 3.8) is 0 Å². The molecule has 0 atom stereocenters. The minimum absolute atomic E-state index is 0.186. The first-order valence-electron chi connectivity index (χ1n) is 6.27. The van der Waals surface area contributed by atoms with Crippen molar-refractivity contribution >= 4 is 16.6 Å². The number of aromatic nitrogens is 2. The summed E-state index contributed by atoms with van der Waals surface area (Å²) in [4.78, 5) is 18.8. The van der Waals surface area contributed by atoms with Crippen LogP contribution in [0.4, 0.5) is 5.69 Å². The van der Waals surface area contributed by atoms with Gasteiger partial charge in [0.15, 0.2) is 0 Å². The third-order valence-electron chi connectivity index (χ3n) is 2.80. The van der Waals surface area contributed by atoms with Crippen LogP contribution in [-0.4, -0.2) is 16.6 Å². The Bertz CT molecular complexity index is 641. The van der Waals surface area contributed by atoms with E-state index in [1.807, 2.05) is 0 Å². The molecule has 0 aliphatic carbocycles. The molecule has 0 amide bonds. The molecule has 2 rings (SSSR count). The van der Waals surface area contributed by atoms with Crippen molar-refractivity contribution < 1.29 is 4.74 Å². The first-order chi connectivity index (χ1) is 8.85. The fraction of sp³-hybridized carbons (Fsp3) is 0.429. The van der Waals surface area contributed by atoms with Gasteiger partial charge in [-0.15, -0.1) is 0 Å². The number of ether oxygens (including phenoxy) is 1. The number of anilines is 1. The van der Waals surface area contributed by atoms with E-state index in [1.54, 1.807) is 18.2 Å². The van der Waals surface area contributed by atoms with E-state index in [0.29, 0.717) is 23.2 Å². The largest absolute Gasteiger partial charge is 0.465 e. The van der Waals surface area contributed by atoms with E-state index in [-0.39, 0.29) is 17.0 Å². The van der Waals surface area contributed by atoms with Gasteiger partial charge < -0.3 is 10.5 Å². The van der Waals surface area contributed by atoms with Crippen LogP contribution < -0.4 is 16.0 Å². The fourth-order valence-electron chi connectivity index (χ4n) is 1.66. The van der Waals surface area contributed by atoms with Crippen LogP contribution in [0.15, 0.2) is 23.0 Å². The van der Waals surface area contributed by atoms with Gasteiger partial charge in [-0.2, -0.15) is 4.98 Å². The minimum Gasteiger partial charge on any atom is -0.465 e. The summed E-state index contributed by atoms with van der Waals surface area (Å²) in [6.07, 6.45) is 0.885. The van der Waals surface area contributed by atoms with E-state index in [9.17, 15) is 4.79 Å².